The lowest BCUT2D eigenvalue weighted by molar-refractivity contribution is 0.0718. The van der Waals surface area contributed by atoms with E-state index in [1.807, 2.05) is 0 Å². The highest BCUT2D eigenvalue weighted by molar-refractivity contribution is 5.94. The Labute approximate surface area is 169 Å². The lowest BCUT2D eigenvalue weighted by atomic mass is 10.0. The van der Waals surface area contributed by atoms with Crippen molar-refractivity contribution >= 4 is 11.9 Å². The molecule has 2 aromatic heterocycles. The third-order valence-corrected chi connectivity index (χ3v) is 5.78. The van der Waals surface area contributed by atoms with Gasteiger partial charge in [-0.2, -0.15) is 0 Å². The van der Waals surface area contributed by atoms with Gasteiger partial charge in [0.25, 0.3) is 11.5 Å². The summed E-state index contributed by atoms with van der Waals surface area (Å²) in [5, 5.41) is 3.92. The van der Waals surface area contributed by atoms with Crippen LogP contribution in [0.5, 0.6) is 0 Å². The lowest BCUT2D eigenvalue weighted by Crippen LogP contribution is -2.42. The SMILES string of the molecule is COCc1c(C(=O)N2CCc3nc(N4CCCC(C)C4)[nH]c(=O)c3C2)noc1C. The van der Waals surface area contributed by atoms with Crippen molar-refractivity contribution in [2.45, 2.75) is 46.3 Å². The number of carbonyl (C=O) groups is 1. The highest BCUT2D eigenvalue weighted by Crippen LogP contribution is 2.23. The molecule has 0 aromatic carbocycles. The molecule has 4 heterocycles. The molecule has 1 saturated heterocycles. The van der Waals surface area contributed by atoms with Crippen LogP contribution in [0.2, 0.25) is 0 Å². The van der Waals surface area contributed by atoms with Crippen molar-refractivity contribution in [3.05, 3.63) is 38.6 Å². The summed E-state index contributed by atoms with van der Waals surface area (Å²) in [6.45, 7) is 6.73. The van der Waals surface area contributed by atoms with Gasteiger partial charge in [0.2, 0.25) is 5.95 Å². The number of rotatable bonds is 4. The number of fused-ring (bicyclic) bond motifs is 1. The fourth-order valence-electron chi connectivity index (χ4n) is 4.14. The summed E-state index contributed by atoms with van der Waals surface area (Å²) in [5.74, 6) is 1.54. The van der Waals surface area contributed by atoms with Gasteiger partial charge in [0, 0.05) is 33.2 Å². The molecule has 29 heavy (non-hydrogen) atoms. The fourth-order valence-corrected chi connectivity index (χ4v) is 4.14. The number of carbonyl (C=O) groups excluding carboxylic acids is 1. The number of methoxy groups -OCH3 is 1. The van der Waals surface area contributed by atoms with Gasteiger partial charge in [-0.1, -0.05) is 12.1 Å². The van der Waals surface area contributed by atoms with Gasteiger partial charge in [0.05, 0.1) is 30.0 Å². The average Bonchev–Trinajstić information content (AvgIpc) is 3.08. The molecule has 9 heteroatoms. The van der Waals surface area contributed by atoms with Gasteiger partial charge in [0.1, 0.15) is 5.76 Å². The number of piperidine rings is 1. The summed E-state index contributed by atoms with van der Waals surface area (Å²) in [6.07, 6.45) is 2.85. The topological polar surface area (TPSA) is 105 Å². The lowest BCUT2D eigenvalue weighted by Gasteiger charge is -2.33. The zero-order chi connectivity index (χ0) is 20.5. The molecule has 0 bridgehead atoms. The molecule has 0 aliphatic carbocycles. The summed E-state index contributed by atoms with van der Waals surface area (Å²) in [7, 11) is 1.56. The minimum absolute atomic E-state index is 0.172. The smallest absolute Gasteiger partial charge is 0.276 e. The van der Waals surface area contributed by atoms with Gasteiger partial charge in [-0.25, -0.2) is 4.98 Å². The number of ether oxygens (including phenoxy) is 1. The zero-order valence-corrected chi connectivity index (χ0v) is 17.2. The fraction of sp³-hybridized carbons (Fsp3) is 0.600. The maximum Gasteiger partial charge on any atom is 0.276 e. The number of anilines is 1. The van der Waals surface area contributed by atoms with E-state index in [9.17, 15) is 9.59 Å². The van der Waals surface area contributed by atoms with Crippen molar-refractivity contribution < 1.29 is 14.1 Å². The Morgan fingerprint density at radius 1 is 1.38 bits per heavy atom. The van der Waals surface area contributed by atoms with Crippen LogP contribution in [-0.4, -0.2) is 52.7 Å². The minimum Gasteiger partial charge on any atom is -0.380 e. The van der Waals surface area contributed by atoms with Gasteiger partial charge in [-0.05, 0) is 25.7 Å². The summed E-state index contributed by atoms with van der Waals surface area (Å²) in [4.78, 5) is 37.2. The van der Waals surface area contributed by atoms with E-state index >= 15 is 0 Å². The number of hydrogen-bond acceptors (Lipinski definition) is 7. The first kappa shape index (κ1) is 19.6. The van der Waals surface area contributed by atoms with Crippen LogP contribution in [0.15, 0.2) is 9.32 Å². The van der Waals surface area contributed by atoms with Crippen molar-refractivity contribution in [1.82, 2.24) is 20.0 Å². The normalized spacial score (nSPS) is 19.3. The summed E-state index contributed by atoms with van der Waals surface area (Å²) < 4.78 is 10.3. The van der Waals surface area contributed by atoms with Crippen LogP contribution in [-0.2, 0) is 24.3 Å². The Kier molecular flexibility index (Phi) is 5.40. The van der Waals surface area contributed by atoms with E-state index < -0.39 is 0 Å². The summed E-state index contributed by atoms with van der Waals surface area (Å²) in [6, 6.07) is 0. The molecule has 1 fully saturated rings. The van der Waals surface area contributed by atoms with Gasteiger partial charge in [-0.3, -0.25) is 14.6 Å². The Balaban J connectivity index is 1.56. The first-order valence-corrected chi connectivity index (χ1v) is 10.1. The second kappa shape index (κ2) is 7.98. The van der Waals surface area contributed by atoms with E-state index in [1.54, 1.807) is 18.9 Å². The molecule has 2 aromatic rings. The number of nitrogens with one attached hydrogen (secondary N) is 1. The van der Waals surface area contributed by atoms with Crippen LogP contribution in [0, 0.1) is 12.8 Å². The molecule has 4 rings (SSSR count). The van der Waals surface area contributed by atoms with E-state index in [2.05, 4.69) is 22.0 Å². The quantitative estimate of drug-likeness (QED) is 0.830. The number of aromatic amines is 1. The first-order valence-electron chi connectivity index (χ1n) is 10.1. The van der Waals surface area contributed by atoms with E-state index in [1.165, 1.54) is 6.42 Å². The van der Waals surface area contributed by atoms with E-state index in [4.69, 9.17) is 14.2 Å². The van der Waals surface area contributed by atoms with E-state index in [0.717, 1.165) is 25.2 Å². The maximum atomic E-state index is 13.0. The second-order valence-electron chi connectivity index (χ2n) is 7.98. The van der Waals surface area contributed by atoms with Gasteiger partial charge in [-0.15, -0.1) is 0 Å². The number of hydrogen-bond donors (Lipinski definition) is 1. The Hall–Kier alpha value is -2.68. The molecular weight excluding hydrogens is 374 g/mol. The zero-order valence-electron chi connectivity index (χ0n) is 17.2. The molecule has 0 radical (unpaired) electrons. The summed E-state index contributed by atoms with van der Waals surface area (Å²) in [5.41, 5.74) is 2.04. The molecule has 1 N–H and O–H groups in total. The van der Waals surface area contributed by atoms with E-state index in [0.29, 0.717) is 41.7 Å². The van der Waals surface area contributed by atoms with Crippen LogP contribution in [0.1, 0.15) is 52.8 Å². The highest BCUT2D eigenvalue weighted by atomic mass is 16.5. The molecule has 0 spiro atoms. The Morgan fingerprint density at radius 3 is 2.97 bits per heavy atom. The molecule has 9 nitrogen and oxygen atoms in total. The van der Waals surface area contributed by atoms with Crippen LogP contribution in [0.3, 0.4) is 0 Å². The van der Waals surface area contributed by atoms with Crippen molar-refractivity contribution in [1.29, 1.82) is 0 Å². The molecule has 1 unspecified atom stereocenters. The van der Waals surface area contributed by atoms with Gasteiger partial charge >= 0.3 is 0 Å². The number of aromatic nitrogens is 3. The van der Waals surface area contributed by atoms with Crippen molar-refractivity contribution in [3.8, 4) is 0 Å². The van der Waals surface area contributed by atoms with Crippen LogP contribution >= 0.6 is 0 Å². The monoisotopic (exact) mass is 401 g/mol. The highest BCUT2D eigenvalue weighted by Gasteiger charge is 2.30. The largest absolute Gasteiger partial charge is 0.380 e. The Bertz CT molecular complexity index is 966. The number of H-pyrrole nitrogens is 1. The molecule has 1 atom stereocenters. The minimum atomic E-state index is -0.257. The molecule has 156 valence electrons. The van der Waals surface area contributed by atoms with Crippen molar-refractivity contribution in [2.75, 3.05) is 31.6 Å². The van der Waals surface area contributed by atoms with E-state index in [-0.39, 0.29) is 30.3 Å². The van der Waals surface area contributed by atoms with Gasteiger partial charge in [0.15, 0.2) is 5.69 Å². The van der Waals surface area contributed by atoms with Gasteiger partial charge < -0.3 is 19.1 Å². The average molecular weight is 401 g/mol. The predicted molar refractivity (Wildman–Crippen MR) is 106 cm³/mol. The molecular formula is C20H27N5O4. The van der Waals surface area contributed by atoms with Crippen molar-refractivity contribution in [3.63, 3.8) is 0 Å². The molecule has 0 saturated carbocycles. The van der Waals surface area contributed by atoms with Crippen molar-refractivity contribution in [2.24, 2.45) is 5.92 Å². The molecule has 2 aliphatic heterocycles. The van der Waals surface area contributed by atoms with Crippen LogP contribution < -0.4 is 10.5 Å². The third-order valence-electron chi connectivity index (χ3n) is 5.78. The standard InChI is InChI=1S/C20H27N5O4/c1-12-5-4-7-25(9-12)20-21-16-6-8-24(10-14(16)18(26)22-20)19(27)17-15(11-28-3)13(2)29-23-17/h12H,4-11H2,1-3H3,(H,21,22,26). The third kappa shape index (κ3) is 3.78. The maximum absolute atomic E-state index is 13.0. The van der Waals surface area contributed by atoms with Crippen LogP contribution in [0.25, 0.3) is 0 Å². The summed E-state index contributed by atoms with van der Waals surface area (Å²) >= 11 is 0. The van der Waals surface area contributed by atoms with Crippen LogP contribution in [0.4, 0.5) is 5.95 Å². The second-order valence-corrected chi connectivity index (χ2v) is 7.98. The predicted octanol–water partition coefficient (Wildman–Crippen LogP) is 1.65. The Morgan fingerprint density at radius 2 is 2.21 bits per heavy atom. The molecule has 2 aliphatic rings. The number of amides is 1. The number of nitrogens with zero attached hydrogens (tertiary/aromatic N) is 4. The molecule has 1 amide bonds. The number of aryl methyl sites for hydroxylation is 1. The first-order chi connectivity index (χ1) is 14.0.